The number of rotatable bonds is 2. The van der Waals surface area contributed by atoms with Crippen molar-refractivity contribution in [3.05, 3.63) is 57.7 Å². The molecule has 24 heavy (non-hydrogen) atoms. The number of hydrogen-bond donors (Lipinski definition) is 1. The molecule has 0 aliphatic heterocycles. The normalized spacial score (nSPS) is 11.7. The van der Waals surface area contributed by atoms with Gasteiger partial charge in [0.05, 0.1) is 21.8 Å². The first-order chi connectivity index (χ1) is 11.3. The van der Waals surface area contributed by atoms with Crippen molar-refractivity contribution in [1.82, 2.24) is 14.5 Å². The van der Waals surface area contributed by atoms with E-state index in [1.54, 1.807) is 19.2 Å². The molecule has 1 aromatic carbocycles. The molecule has 5 nitrogen and oxygen atoms in total. The number of alkyl halides is 3. The molecule has 0 spiro atoms. The van der Waals surface area contributed by atoms with E-state index in [4.69, 9.17) is 11.6 Å². The van der Waals surface area contributed by atoms with Crippen molar-refractivity contribution in [2.45, 2.75) is 6.18 Å². The van der Waals surface area contributed by atoms with E-state index in [-0.39, 0.29) is 21.7 Å². The van der Waals surface area contributed by atoms with Gasteiger partial charge in [-0.2, -0.15) is 13.2 Å². The van der Waals surface area contributed by atoms with Crippen molar-refractivity contribution in [2.75, 3.05) is 12.4 Å². The molecule has 1 N–H and O–H groups in total. The van der Waals surface area contributed by atoms with Crippen molar-refractivity contribution in [2.24, 2.45) is 0 Å². The van der Waals surface area contributed by atoms with Gasteiger partial charge < -0.3 is 5.32 Å². The van der Waals surface area contributed by atoms with Crippen LogP contribution in [-0.2, 0) is 6.18 Å². The van der Waals surface area contributed by atoms with Gasteiger partial charge in [-0.15, -0.1) is 0 Å². The fourth-order valence-electron chi connectivity index (χ4n) is 2.31. The smallest absolute Gasteiger partial charge is 0.387 e. The molecule has 9 heteroatoms. The van der Waals surface area contributed by atoms with E-state index in [9.17, 15) is 18.0 Å². The number of fused-ring (bicyclic) bond motifs is 1. The highest BCUT2D eigenvalue weighted by atomic mass is 35.5. The van der Waals surface area contributed by atoms with E-state index in [2.05, 4.69) is 15.3 Å². The predicted octanol–water partition coefficient (Wildman–Crippen LogP) is 3.49. The maximum Gasteiger partial charge on any atom is 0.451 e. The maximum atomic E-state index is 13.0. The second kappa shape index (κ2) is 5.79. The van der Waals surface area contributed by atoms with E-state index < -0.39 is 17.6 Å². The summed E-state index contributed by atoms with van der Waals surface area (Å²) in [6, 6.07) is 7.58. The van der Waals surface area contributed by atoms with Crippen molar-refractivity contribution in [1.29, 1.82) is 0 Å². The Balaban J connectivity index is 2.46. The molecular weight excluding hydrogens is 345 g/mol. The molecular formula is C15H10ClF3N4O. The maximum absolute atomic E-state index is 13.0. The van der Waals surface area contributed by atoms with Crippen LogP contribution in [0.3, 0.4) is 0 Å². The van der Waals surface area contributed by atoms with E-state index in [1.807, 2.05) is 0 Å². The van der Waals surface area contributed by atoms with Gasteiger partial charge >= 0.3 is 6.18 Å². The molecule has 2 aromatic heterocycles. The minimum Gasteiger partial charge on any atom is -0.387 e. The molecule has 0 amide bonds. The number of benzene rings is 1. The fraction of sp³-hybridized carbons (Fsp3) is 0.133. The summed E-state index contributed by atoms with van der Waals surface area (Å²) < 4.78 is 39.9. The predicted molar refractivity (Wildman–Crippen MR) is 84.7 cm³/mol. The van der Waals surface area contributed by atoms with Crippen molar-refractivity contribution >= 4 is 28.3 Å². The SMILES string of the molecule is CNc1cc(=O)n(-c2ccccc2Cl)c2nc(C(F)(F)F)ncc12. The first-order valence-electron chi connectivity index (χ1n) is 6.75. The summed E-state index contributed by atoms with van der Waals surface area (Å²) in [5, 5.41) is 3.24. The zero-order chi connectivity index (χ0) is 17.5. The number of nitrogens with zero attached hydrogens (tertiary/aromatic N) is 3. The first-order valence-corrected chi connectivity index (χ1v) is 7.13. The van der Waals surface area contributed by atoms with E-state index in [0.717, 1.165) is 10.8 Å². The molecule has 0 aliphatic carbocycles. The van der Waals surface area contributed by atoms with Gasteiger partial charge in [0.1, 0.15) is 0 Å². The number of aromatic nitrogens is 3. The second-order valence-electron chi connectivity index (χ2n) is 4.86. The highest BCUT2D eigenvalue weighted by Gasteiger charge is 2.35. The summed E-state index contributed by atoms with van der Waals surface area (Å²) in [5.74, 6) is -1.33. The Labute approximate surface area is 138 Å². The molecule has 0 saturated heterocycles. The zero-order valence-corrected chi connectivity index (χ0v) is 13.0. The van der Waals surface area contributed by atoms with E-state index in [0.29, 0.717) is 5.69 Å². The van der Waals surface area contributed by atoms with Gasteiger partial charge in [0.25, 0.3) is 5.56 Å². The highest BCUT2D eigenvalue weighted by Crippen LogP contribution is 2.30. The van der Waals surface area contributed by atoms with E-state index in [1.165, 1.54) is 18.2 Å². The van der Waals surface area contributed by atoms with Crippen LogP contribution in [0.5, 0.6) is 0 Å². The average molecular weight is 355 g/mol. The zero-order valence-electron chi connectivity index (χ0n) is 12.2. The molecule has 124 valence electrons. The van der Waals surface area contributed by atoms with Crippen LogP contribution < -0.4 is 10.9 Å². The van der Waals surface area contributed by atoms with Gasteiger partial charge in [0.15, 0.2) is 5.65 Å². The van der Waals surface area contributed by atoms with E-state index >= 15 is 0 Å². The van der Waals surface area contributed by atoms with Crippen LogP contribution >= 0.6 is 11.6 Å². The summed E-state index contributed by atoms with van der Waals surface area (Å²) in [7, 11) is 1.55. The number of pyridine rings is 1. The van der Waals surface area contributed by atoms with Gasteiger partial charge in [-0.05, 0) is 12.1 Å². The number of nitrogens with one attached hydrogen (secondary N) is 1. The third-order valence-electron chi connectivity index (χ3n) is 3.38. The molecule has 3 aromatic rings. The Morgan fingerprint density at radius 1 is 1.25 bits per heavy atom. The molecule has 0 fully saturated rings. The van der Waals surface area contributed by atoms with Crippen LogP contribution in [0.15, 0.2) is 41.3 Å². The monoisotopic (exact) mass is 354 g/mol. The molecule has 2 heterocycles. The van der Waals surface area contributed by atoms with Crippen molar-refractivity contribution in [3.63, 3.8) is 0 Å². The third-order valence-corrected chi connectivity index (χ3v) is 3.69. The lowest BCUT2D eigenvalue weighted by Gasteiger charge is -2.14. The largest absolute Gasteiger partial charge is 0.451 e. The second-order valence-corrected chi connectivity index (χ2v) is 5.27. The van der Waals surface area contributed by atoms with Crippen molar-refractivity contribution < 1.29 is 13.2 Å². The third kappa shape index (κ3) is 2.69. The van der Waals surface area contributed by atoms with Crippen molar-refractivity contribution in [3.8, 4) is 5.69 Å². The number of para-hydroxylation sites is 1. The van der Waals surface area contributed by atoms with Crippen LogP contribution in [0.4, 0.5) is 18.9 Å². The Hall–Kier alpha value is -2.61. The molecule has 0 saturated carbocycles. The van der Waals surface area contributed by atoms with Gasteiger partial charge in [-0.25, -0.2) is 9.97 Å². The fourth-order valence-corrected chi connectivity index (χ4v) is 2.53. The Bertz CT molecular complexity index is 985. The molecule has 0 atom stereocenters. The minimum atomic E-state index is -4.73. The van der Waals surface area contributed by atoms with Crippen LogP contribution in [0, 0.1) is 0 Å². The summed E-state index contributed by atoms with van der Waals surface area (Å²) in [4.78, 5) is 19.4. The molecule has 3 rings (SSSR count). The quantitative estimate of drug-likeness (QED) is 0.765. The molecule has 0 aliphatic rings. The van der Waals surface area contributed by atoms with Gasteiger partial charge in [0.2, 0.25) is 5.82 Å². The topological polar surface area (TPSA) is 59.8 Å². The minimum absolute atomic E-state index is 0.178. The number of halogens is 4. The molecule has 0 unspecified atom stereocenters. The van der Waals surface area contributed by atoms with Crippen LogP contribution in [0.2, 0.25) is 5.02 Å². The van der Waals surface area contributed by atoms with Crippen LogP contribution in [-0.4, -0.2) is 21.6 Å². The van der Waals surface area contributed by atoms with Crippen LogP contribution in [0.1, 0.15) is 5.82 Å². The summed E-state index contributed by atoms with van der Waals surface area (Å²) in [6.07, 6.45) is -3.70. The molecule has 0 radical (unpaired) electrons. The van der Waals surface area contributed by atoms with Gasteiger partial charge in [-0.1, -0.05) is 23.7 Å². The summed E-state index contributed by atoms with van der Waals surface area (Å²) in [6.45, 7) is 0. The number of hydrogen-bond acceptors (Lipinski definition) is 4. The average Bonchev–Trinajstić information content (AvgIpc) is 2.54. The standard InChI is InChI=1S/C15H10ClF3N4O/c1-20-10-6-12(24)23(11-5-3-2-4-9(11)16)13-8(10)7-21-14(22-13)15(17,18)19/h2-7,20H,1H3. The summed E-state index contributed by atoms with van der Waals surface area (Å²) >= 11 is 6.09. The lowest BCUT2D eigenvalue weighted by molar-refractivity contribution is -0.144. The molecule has 0 bridgehead atoms. The first kappa shape index (κ1) is 16.3. The Morgan fingerprint density at radius 2 is 1.96 bits per heavy atom. The van der Waals surface area contributed by atoms with Gasteiger partial charge in [0, 0.05) is 19.3 Å². The highest BCUT2D eigenvalue weighted by molar-refractivity contribution is 6.32. The lowest BCUT2D eigenvalue weighted by Crippen LogP contribution is -2.22. The Morgan fingerprint density at radius 3 is 2.58 bits per heavy atom. The number of anilines is 1. The van der Waals surface area contributed by atoms with Crippen LogP contribution in [0.25, 0.3) is 16.7 Å². The summed E-state index contributed by atoms with van der Waals surface area (Å²) in [5.41, 5.74) is -0.176. The Kier molecular flexibility index (Phi) is 3.92. The van der Waals surface area contributed by atoms with Gasteiger partial charge in [-0.3, -0.25) is 9.36 Å². The lowest BCUT2D eigenvalue weighted by atomic mass is 10.2.